The molecule has 21 N–H and O–H groups in total. The zero-order chi connectivity index (χ0) is 49.6. The molecule has 65 heavy (non-hydrogen) atoms. The summed E-state index contributed by atoms with van der Waals surface area (Å²) in [5, 5.41) is 43.2. The molecule has 1 rings (SSSR count). The molecule has 9 amide bonds. The Bertz CT molecular complexity index is 1600. The molecule has 0 aromatic heterocycles. The summed E-state index contributed by atoms with van der Waals surface area (Å²) >= 11 is 0. The van der Waals surface area contributed by atoms with Crippen LogP contribution >= 0.6 is 0 Å². The first kappa shape index (κ1) is 58.0. The largest absolute Gasteiger partial charge is 0.391 e. The second-order valence-electron chi connectivity index (χ2n) is 17.1. The van der Waals surface area contributed by atoms with Crippen LogP contribution in [-0.2, 0) is 43.2 Å². The van der Waals surface area contributed by atoms with Crippen LogP contribution in [0.25, 0.3) is 0 Å². The van der Waals surface area contributed by atoms with Crippen LogP contribution in [0, 0.1) is 11.8 Å². The summed E-state index contributed by atoms with van der Waals surface area (Å²) in [5.74, 6) is -8.14. The van der Waals surface area contributed by atoms with Crippen LogP contribution in [0.2, 0.25) is 0 Å². The molecule has 0 bridgehead atoms. The lowest BCUT2D eigenvalue weighted by molar-refractivity contribution is -0.136. The van der Waals surface area contributed by atoms with E-state index in [1.807, 2.05) is 0 Å². The van der Waals surface area contributed by atoms with E-state index in [-0.39, 0.29) is 89.5 Å². The van der Waals surface area contributed by atoms with Crippen LogP contribution in [0.5, 0.6) is 0 Å². The maximum Gasteiger partial charge on any atom is 0.245 e. The predicted molar refractivity (Wildman–Crippen MR) is 238 cm³/mol. The molecular formula is C40H76N14O11. The fourth-order valence-corrected chi connectivity index (χ4v) is 6.65. The van der Waals surface area contributed by atoms with E-state index in [1.54, 1.807) is 27.7 Å². The van der Waals surface area contributed by atoms with E-state index in [2.05, 4.69) is 47.9 Å². The molecule has 25 heteroatoms. The molecular weight excluding hydrogens is 853 g/mol. The summed E-state index contributed by atoms with van der Waals surface area (Å²) in [7, 11) is 0. The average Bonchev–Trinajstić information content (AvgIpc) is 3.22. The summed E-state index contributed by atoms with van der Waals surface area (Å²) in [6, 6.07) is -12.5. The summed E-state index contributed by atoms with van der Waals surface area (Å²) < 4.78 is 0. The number of nitrogens with two attached hydrogens (primary N) is 5. The first-order chi connectivity index (χ1) is 30.5. The van der Waals surface area contributed by atoms with Crippen molar-refractivity contribution >= 4 is 53.2 Å². The van der Waals surface area contributed by atoms with Crippen molar-refractivity contribution in [1.82, 2.24) is 47.9 Å². The Kier molecular flexibility index (Phi) is 26.3. The zero-order valence-corrected chi connectivity index (χ0v) is 38.4. The lowest BCUT2D eigenvalue weighted by atomic mass is 9.99. The number of aliphatic hydroxyl groups excluding tert-OH is 2. The van der Waals surface area contributed by atoms with E-state index in [4.69, 9.17) is 28.7 Å². The van der Waals surface area contributed by atoms with Crippen molar-refractivity contribution in [3.63, 3.8) is 0 Å². The van der Waals surface area contributed by atoms with Crippen LogP contribution in [0.15, 0.2) is 0 Å². The van der Waals surface area contributed by atoms with Gasteiger partial charge >= 0.3 is 0 Å². The average molecular weight is 929 g/mol. The number of amides is 9. The van der Waals surface area contributed by atoms with Crippen molar-refractivity contribution in [2.75, 3.05) is 32.7 Å². The molecule has 11 atom stereocenters. The predicted octanol–water partition coefficient (Wildman–Crippen LogP) is -7.04. The van der Waals surface area contributed by atoms with Crippen molar-refractivity contribution < 1.29 is 53.4 Å². The Hall–Kier alpha value is -5.05. The summed E-state index contributed by atoms with van der Waals surface area (Å²) in [4.78, 5) is 123. The molecule has 1 aliphatic rings. The molecule has 1 aliphatic heterocycles. The molecule has 372 valence electrons. The Morgan fingerprint density at radius 1 is 0.585 bits per heavy atom. The van der Waals surface area contributed by atoms with E-state index in [1.165, 1.54) is 13.8 Å². The molecule has 1 fully saturated rings. The highest BCUT2D eigenvalue weighted by atomic mass is 16.3. The van der Waals surface area contributed by atoms with Gasteiger partial charge in [-0.2, -0.15) is 0 Å². The maximum absolute atomic E-state index is 14.1. The zero-order valence-electron chi connectivity index (χ0n) is 38.4. The van der Waals surface area contributed by atoms with Gasteiger partial charge in [0.2, 0.25) is 53.2 Å². The molecule has 0 saturated carbocycles. The highest BCUT2D eigenvalue weighted by Gasteiger charge is 2.36. The monoisotopic (exact) mass is 929 g/mol. The van der Waals surface area contributed by atoms with Crippen LogP contribution < -0.4 is 76.5 Å². The standard InChI is InChI=1S/C40H76N14O11/c1-19(2)17-28-37(62)49-23(7-12-41)32(57)48-26(10-15-44)36(61)54-31(22(6)56)40(65)46-16-11-27(50-33(58)25(9-14-43)51-39(64)30(45)21(5)55)35(60)47-24(8-13-42)34(59)52-29(18-20(3)4)38(63)53-28/h19-31,55-56H,7-18,41-45H2,1-6H3,(H,46,65)(H,47,60)(H,48,57)(H,49,62)(H,50,58)(H,51,64)(H,52,59)(H,53,63)(H,54,61). The SMILES string of the molecule is CC(C)CC1NC(=O)C(CCN)NC(=O)C(NC(=O)C(CCN)NC(=O)C(N)C(C)O)CCNC(=O)C(C(C)O)NC(=O)C(CCN)NC(=O)C(CCN)NC(=O)C(CC(C)C)NC1=O. The number of carbonyl (C=O) groups excluding carboxylic acids is 9. The van der Waals surface area contributed by atoms with Crippen LogP contribution in [0.3, 0.4) is 0 Å². The normalized spacial score (nSPS) is 25.6. The summed E-state index contributed by atoms with van der Waals surface area (Å²) in [6.07, 6.45) is -3.51. The van der Waals surface area contributed by atoms with E-state index in [0.717, 1.165) is 0 Å². The smallest absolute Gasteiger partial charge is 0.245 e. The lowest BCUT2D eigenvalue weighted by Gasteiger charge is -2.29. The number of aliphatic hydroxyl groups is 2. The van der Waals surface area contributed by atoms with E-state index < -0.39 is 120 Å². The van der Waals surface area contributed by atoms with E-state index in [9.17, 15) is 53.4 Å². The topological polar surface area (TPSA) is 432 Å². The van der Waals surface area contributed by atoms with Crippen LogP contribution in [0.4, 0.5) is 0 Å². The molecule has 0 spiro atoms. The van der Waals surface area contributed by atoms with Gasteiger partial charge in [-0.15, -0.1) is 0 Å². The number of carbonyl (C=O) groups is 9. The van der Waals surface area contributed by atoms with Gasteiger partial charge in [0.1, 0.15) is 54.4 Å². The van der Waals surface area contributed by atoms with Crippen molar-refractivity contribution in [2.45, 2.75) is 153 Å². The molecule has 0 aromatic rings. The molecule has 1 saturated heterocycles. The van der Waals surface area contributed by atoms with Gasteiger partial charge in [-0.25, -0.2) is 0 Å². The minimum absolute atomic E-state index is 0.0747. The first-order valence-electron chi connectivity index (χ1n) is 22.1. The fourth-order valence-electron chi connectivity index (χ4n) is 6.65. The minimum atomic E-state index is -1.62. The van der Waals surface area contributed by atoms with Crippen molar-refractivity contribution in [2.24, 2.45) is 40.5 Å². The molecule has 1 heterocycles. The number of hydrogen-bond donors (Lipinski definition) is 16. The number of rotatable bonds is 18. The highest BCUT2D eigenvalue weighted by molar-refractivity contribution is 5.98. The van der Waals surface area contributed by atoms with Gasteiger partial charge in [0.05, 0.1) is 12.2 Å². The fraction of sp³-hybridized carbons (Fsp3) is 0.775. The summed E-state index contributed by atoms with van der Waals surface area (Å²) in [6.45, 7) is 8.86. The van der Waals surface area contributed by atoms with Crippen LogP contribution in [-0.4, -0.2) is 163 Å². The lowest BCUT2D eigenvalue weighted by Crippen LogP contribution is -2.61. The second-order valence-corrected chi connectivity index (χ2v) is 17.1. The van der Waals surface area contributed by atoms with Crippen molar-refractivity contribution in [3.05, 3.63) is 0 Å². The Morgan fingerprint density at radius 2 is 0.985 bits per heavy atom. The van der Waals surface area contributed by atoms with Gasteiger partial charge in [-0.3, -0.25) is 43.2 Å². The second kappa shape index (κ2) is 29.5. The number of nitrogens with one attached hydrogen (secondary N) is 9. The van der Waals surface area contributed by atoms with Gasteiger partial charge in [-0.1, -0.05) is 27.7 Å². The Labute approximate surface area is 380 Å². The van der Waals surface area contributed by atoms with E-state index in [0.29, 0.717) is 0 Å². The van der Waals surface area contributed by atoms with Gasteiger partial charge < -0.3 is 86.7 Å². The minimum Gasteiger partial charge on any atom is -0.391 e. The summed E-state index contributed by atoms with van der Waals surface area (Å²) in [5.41, 5.74) is 28.9. The Morgan fingerprint density at radius 3 is 1.37 bits per heavy atom. The molecule has 0 radical (unpaired) electrons. The third kappa shape index (κ3) is 20.3. The number of hydrogen-bond acceptors (Lipinski definition) is 16. The first-order valence-corrected chi connectivity index (χ1v) is 22.1. The van der Waals surface area contributed by atoms with Gasteiger partial charge in [0.15, 0.2) is 0 Å². The maximum atomic E-state index is 14.1. The Balaban J connectivity index is 3.88. The van der Waals surface area contributed by atoms with Gasteiger partial charge in [-0.05, 0) is 96.8 Å². The van der Waals surface area contributed by atoms with Gasteiger partial charge in [0.25, 0.3) is 0 Å². The molecule has 0 aromatic carbocycles. The van der Waals surface area contributed by atoms with Gasteiger partial charge in [0, 0.05) is 6.54 Å². The molecule has 0 aliphatic carbocycles. The molecule has 25 nitrogen and oxygen atoms in total. The van der Waals surface area contributed by atoms with Crippen molar-refractivity contribution in [1.29, 1.82) is 0 Å². The highest BCUT2D eigenvalue weighted by Crippen LogP contribution is 2.11. The van der Waals surface area contributed by atoms with Crippen molar-refractivity contribution in [3.8, 4) is 0 Å². The molecule has 11 unspecified atom stereocenters. The third-order valence-corrected chi connectivity index (χ3v) is 10.3. The quantitative estimate of drug-likeness (QED) is 0.0607. The van der Waals surface area contributed by atoms with E-state index >= 15 is 0 Å². The van der Waals surface area contributed by atoms with Crippen LogP contribution in [0.1, 0.15) is 86.5 Å². The third-order valence-electron chi connectivity index (χ3n) is 10.3.